The van der Waals surface area contributed by atoms with Crippen molar-refractivity contribution >= 4 is 11.7 Å². The lowest BCUT2D eigenvalue weighted by molar-refractivity contribution is 0.253. The molecule has 1 amide bonds. The molecule has 2 rings (SSSR count). The van der Waals surface area contributed by atoms with E-state index < -0.39 is 0 Å². The zero-order chi connectivity index (χ0) is 13.0. The van der Waals surface area contributed by atoms with E-state index in [1.807, 2.05) is 0 Å². The maximum Gasteiger partial charge on any atom is 0.331 e. The van der Waals surface area contributed by atoms with Crippen molar-refractivity contribution in [1.82, 2.24) is 9.55 Å². The van der Waals surface area contributed by atoms with Crippen LogP contribution in [-0.2, 0) is 0 Å². The first-order valence-corrected chi connectivity index (χ1v) is 5.25. The Morgan fingerprint density at radius 3 is 2.39 bits per heavy atom. The van der Waals surface area contributed by atoms with Gasteiger partial charge in [0, 0.05) is 36.3 Å². The predicted octanol–water partition coefficient (Wildman–Crippen LogP) is 1.98. The number of anilines is 1. The molecule has 0 bridgehead atoms. The second kappa shape index (κ2) is 5.22. The Hall–Kier alpha value is -2.50. The van der Waals surface area contributed by atoms with Crippen LogP contribution in [0.25, 0.3) is 0 Å². The van der Waals surface area contributed by atoms with Gasteiger partial charge in [0.15, 0.2) is 0 Å². The molecule has 18 heavy (non-hydrogen) atoms. The smallest absolute Gasteiger partial charge is 0.331 e. The number of aromatic nitrogens is 2. The summed E-state index contributed by atoms with van der Waals surface area (Å²) in [5.74, 6) is 1.21. The average molecular weight is 247 g/mol. The van der Waals surface area contributed by atoms with Crippen LogP contribution in [0, 0.1) is 0 Å². The Balaban J connectivity index is 2.20. The van der Waals surface area contributed by atoms with Gasteiger partial charge in [0.25, 0.3) is 0 Å². The van der Waals surface area contributed by atoms with Crippen molar-refractivity contribution in [2.75, 3.05) is 19.5 Å². The first kappa shape index (κ1) is 12.0. The largest absolute Gasteiger partial charge is 0.497 e. The molecule has 1 aromatic heterocycles. The Morgan fingerprint density at radius 1 is 1.22 bits per heavy atom. The Kier molecular flexibility index (Phi) is 3.47. The van der Waals surface area contributed by atoms with E-state index in [9.17, 15) is 4.79 Å². The number of hydrogen-bond donors (Lipinski definition) is 1. The van der Waals surface area contributed by atoms with E-state index in [0.29, 0.717) is 17.2 Å². The summed E-state index contributed by atoms with van der Waals surface area (Å²) in [6.45, 7) is 0. The molecular weight excluding hydrogens is 234 g/mol. The molecule has 1 aromatic carbocycles. The fourth-order valence-electron chi connectivity index (χ4n) is 1.45. The van der Waals surface area contributed by atoms with Crippen LogP contribution < -0.4 is 14.8 Å². The van der Waals surface area contributed by atoms with Crippen LogP contribution in [0.3, 0.4) is 0 Å². The minimum atomic E-state index is -0.303. The third kappa shape index (κ3) is 2.60. The van der Waals surface area contributed by atoms with Gasteiger partial charge in [0.2, 0.25) is 0 Å². The molecule has 0 spiro atoms. The lowest BCUT2D eigenvalue weighted by Crippen LogP contribution is -2.17. The monoisotopic (exact) mass is 247 g/mol. The number of hydrogen-bond acceptors (Lipinski definition) is 4. The Bertz CT molecular complexity index is 515. The van der Waals surface area contributed by atoms with Crippen LogP contribution in [0.2, 0.25) is 0 Å². The third-order valence-corrected chi connectivity index (χ3v) is 2.34. The van der Waals surface area contributed by atoms with Crippen molar-refractivity contribution in [1.29, 1.82) is 0 Å². The number of imidazole rings is 1. The van der Waals surface area contributed by atoms with E-state index in [0.717, 1.165) is 0 Å². The molecule has 94 valence electrons. The molecule has 0 radical (unpaired) electrons. The molecule has 0 atom stereocenters. The van der Waals surface area contributed by atoms with Gasteiger partial charge in [-0.1, -0.05) is 0 Å². The number of carbonyl (C=O) groups excluding carboxylic acids is 1. The zero-order valence-electron chi connectivity index (χ0n) is 10.1. The van der Waals surface area contributed by atoms with Crippen molar-refractivity contribution in [2.24, 2.45) is 0 Å². The minimum Gasteiger partial charge on any atom is -0.497 e. The number of nitrogens with zero attached hydrogens (tertiary/aromatic N) is 2. The maximum absolute atomic E-state index is 11.8. The van der Waals surface area contributed by atoms with Crippen LogP contribution in [0.15, 0.2) is 36.9 Å². The summed E-state index contributed by atoms with van der Waals surface area (Å²) in [6, 6.07) is 4.84. The first-order chi connectivity index (χ1) is 8.72. The van der Waals surface area contributed by atoms with Crippen LogP contribution >= 0.6 is 0 Å². The van der Waals surface area contributed by atoms with E-state index >= 15 is 0 Å². The van der Waals surface area contributed by atoms with Gasteiger partial charge in [-0.2, -0.15) is 0 Å². The summed E-state index contributed by atoms with van der Waals surface area (Å²) in [5.41, 5.74) is 0.588. The van der Waals surface area contributed by atoms with Gasteiger partial charge in [0.05, 0.1) is 14.2 Å². The van der Waals surface area contributed by atoms with E-state index in [1.165, 1.54) is 17.1 Å². The molecule has 0 unspecified atom stereocenters. The first-order valence-electron chi connectivity index (χ1n) is 5.25. The molecule has 0 aliphatic heterocycles. The van der Waals surface area contributed by atoms with Crippen molar-refractivity contribution < 1.29 is 14.3 Å². The Labute approximate surface area is 104 Å². The summed E-state index contributed by atoms with van der Waals surface area (Å²) >= 11 is 0. The van der Waals surface area contributed by atoms with E-state index in [-0.39, 0.29) is 6.03 Å². The van der Waals surface area contributed by atoms with Gasteiger partial charge in [-0.15, -0.1) is 0 Å². The quantitative estimate of drug-likeness (QED) is 0.900. The topological polar surface area (TPSA) is 65.4 Å². The number of benzene rings is 1. The van der Waals surface area contributed by atoms with E-state index in [1.54, 1.807) is 38.6 Å². The van der Waals surface area contributed by atoms with E-state index in [2.05, 4.69) is 10.3 Å². The number of amides is 1. The van der Waals surface area contributed by atoms with Crippen LogP contribution in [0.4, 0.5) is 10.5 Å². The summed E-state index contributed by atoms with van der Waals surface area (Å²) < 4.78 is 11.6. The molecule has 0 aliphatic rings. The summed E-state index contributed by atoms with van der Waals surface area (Å²) in [5, 5.41) is 2.72. The number of rotatable bonds is 3. The van der Waals surface area contributed by atoms with Gasteiger partial charge < -0.3 is 14.8 Å². The number of methoxy groups -OCH3 is 2. The molecule has 6 nitrogen and oxygen atoms in total. The minimum absolute atomic E-state index is 0.303. The molecular formula is C12H13N3O3. The highest BCUT2D eigenvalue weighted by atomic mass is 16.5. The van der Waals surface area contributed by atoms with Gasteiger partial charge >= 0.3 is 6.03 Å². The van der Waals surface area contributed by atoms with Crippen LogP contribution in [0.1, 0.15) is 0 Å². The van der Waals surface area contributed by atoms with Gasteiger partial charge in [-0.3, -0.25) is 4.57 Å². The summed E-state index contributed by atoms with van der Waals surface area (Å²) in [6.07, 6.45) is 4.52. The Morgan fingerprint density at radius 2 is 1.89 bits per heavy atom. The van der Waals surface area contributed by atoms with Gasteiger partial charge in [0.1, 0.15) is 17.8 Å². The highest BCUT2D eigenvalue weighted by molar-refractivity contribution is 5.91. The number of carbonyl (C=O) groups is 1. The fraction of sp³-hybridized carbons (Fsp3) is 0.167. The van der Waals surface area contributed by atoms with Crippen LogP contribution in [-0.4, -0.2) is 29.8 Å². The summed E-state index contributed by atoms with van der Waals surface area (Å²) in [7, 11) is 3.10. The van der Waals surface area contributed by atoms with Crippen molar-refractivity contribution in [3.05, 3.63) is 36.9 Å². The molecule has 1 N–H and O–H groups in total. The third-order valence-electron chi connectivity index (χ3n) is 2.34. The molecule has 0 saturated heterocycles. The van der Waals surface area contributed by atoms with Crippen molar-refractivity contribution in [2.45, 2.75) is 0 Å². The standard InChI is InChI=1S/C12H13N3O3/c1-17-10-5-9(6-11(7-10)18-2)14-12(16)15-4-3-13-8-15/h3-8H,1-2H3,(H,14,16). The van der Waals surface area contributed by atoms with Gasteiger partial charge in [-0.25, -0.2) is 9.78 Å². The second-order valence-electron chi connectivity index (χ2n) is 3.50. The zero-order valence-corrected chi connectivity index (χ0v) is 10.1. The average Bonchev–Trinajstić information content (AvgIpc) is 2.92. The van der Waals surface area contributed by atoms with Crippen LogP contribution in [0.5, 0.6) is 11.5 Å². The fourth-order valence-corrected chi connectivity index (χ4v) is 1.45. The molecule has 2 aromatic rings. The molecule has 1 heterocycles. The molecule has 0 saturated carbocycles. The maximum atomic E-state index is 11.8. The molecule has 0 aliphatic carbocycles. The number of ether oxygens (including phenoxy) is 2. The van der Waals surface area contributed by atoms with Crippen molar-refractivity contribution in [3.63, 3.8) is 0 Å². The summed E-state index contributed by atoms with van der Waals surface area (Å²) in [4.78, 5) is 15.6. The predicted molar refractivity (Wildman–Crippen MR) is 66.2 cm³/mol. The van der Waals surface area contributed by atoms with E-state index in [4.69, 9.17) is 9.47 Å². The highest BCUT2D eigenvalue weighted by Gasteiger charge is 2.07. The number of nitrogens with one attached hydrogen (secondary N) is 1. The SMILES string of the molecule is COc1cc(NC(=O)n2ccnc2)cc(OC)c1. The normalized spacial score (nSPS) is 9.89. The molecule has 0 fully saturated rings. The highest BCUT2D eigenvalue weighted by Crippen LogP contribution is 2.25. The second-order valence-corrected chi connectivity index (χ2v) is 3.50. The van der Waals surface area contributed by atoms with Gasteiger partial charge in [-0.05, 0) is 0 Å². The van der Waals surface area contributed by atoms with Crippen molar-refractivity contribution in [3.8, 4) is 11.5 Å². The lowest BCUT2D eigenvalue weighted by atomic mass is 10.3. The molecule has 6 heteroatoms. The lowest BCUT2D eigenvalue weighted by Gasteiger charge is -2.09.